The number of rotatable bonds is 4. The van der Waals surface area contributed by atoms with Gasteiger partial charge in [0.05, 0.1) is 11.6 Å². The lowest BCUT2D eigenvalue weighted by molar-refractivity contribution is -0.140. The fraction of sp³-hybridized carbons (Fsp3) is 0.333. The van der Waals surface area contributed by atoms with Gasteiger partial charge in [0.2, 0.25) is 0 Å². The van der Waals surface area contributed by atoms with Gasteiger partial charge in [0.15, 0.2) is 0 Å². The van der Waals surface area contributed by atoms with E-state index in [-0.39, 0.29) is 0 Å². The number of hydrogen-bond donors (Lipinski definition) is 1. The standard InChI is InChI=1S/C15H15F4NO/c1-3-10-5-7-13(21-10)14(20-2)9-4-6-11(12(16)8-9)15(17,18)19/h4-8,14,20H,3H2,1-2H3. The van der Waals surface area contributed by atoms with Gasteiger partial charge in [0, 0.05) is 6.42 Å². The summed E-state index contributed by atoms with van der Waals surface area (Å²) in [5.41, 5.74) is -0.894. The molecule has 0 fully saturated rings. The summed E-state index contributed by atoms with van der Waals surface area (Å²) in [5, 5.41) is 2.92. The molecule has 0 aliphatic heterocycles. The molecule has 0 bridgehead atoms. The number of alkyl halides is 3. The van der Waals surface area contributed by atoms with Gasteiger partial charge in [-0.2, -0.15) is 13.2 Å². The van der Waals surface area contributed by atoms with E-state index in [9.17, 15) is 17.6 Å². The molecule has 1 aromatic heterocycles. The van der Waals surface area contributed by atoms with Gasteiger partial charge >= 0.3 is 6.18 Å². The highest BCUT2D eigenvalue weighted by Crippen LogP contribution is 2.33. The molecule has 114 valence electrons. The fourth-order valence-corrected chi connectivity index (χ4v) is 2.15. The second-order valence-electron chi connectivity index (χ2n) is 4.62. The Morgan fingerprint density at radius 2 is 1.90 bits per heavy atom. The third kappa shape index (κ3) is 3.26. The van der Waals surface area contributed by atoms with Crippen molar-refractivity contribution in [2.75, 3.05) is 7.05 Å². The van der Waals surface area contributed by atoms with Crippen LogP contribution in [0, 0.1) is 5.82 Å². The number of hydrogen-bond acceptors (Lipinski definition) is 2. The molecule has 6 heteroatoms. The van der Waals surface area contributed by atoms with Crippen LogP contribution in [0.4, 0.5) is 17.6 Å². The highest BCUT2D eigenvalue weighted by Gasteiger charge is 2.34. The lowest BCUT2D eigenvalue weighted by Crippen LogP contribution is -2.18. The Kier molecular flexibility index (Phi) is 4.37. The predicted octanol–water partition coefficient (Wildman–Crippen LogP) is 4.31. The first-order chi connectivity index (χ1) is 9.86. The molecule has 0 spiro atoms. The van der Waals surface area contributed by atoms with Gasteiger partial charge in [-0.25, -0.2) is 4.39 Å². The largest absolute Gasteiger partial charge is 0.464 e. The summed E-state index contributed by atoms with van der Waals surface area (Å²) in [6.45, 7) is 1.93. The summed E-state index contributed by atoms with van der Waals surface area (Å²) in [7, 11) is 1.63. The molecule has 2 nitrogen and oxygen atoms in total. The van der Waals surface area contributed by atoms with E-state index in [0.717, 1.165) is 17.9 Å². The number of nitrogens with one attached hydrogen (secondary N) is 1. The Labute approximate surface area is 119 Å². The molecule has 0 radical (unpaired) electrons. The molecule has 0 aliphatic carbocycles. The Bertz CT molecular complexity index is 618. The molecule has 2 aromatic rings. The topological polar surface area (TPSA) is 25.2 Å². The van der Waals surface area contributed by atoms with Crippen molar-refractivity contribution in [3.8, 4) is 0 Å². The summed E-state index contributed by atoms with van der Waals surface area (Å²) in [6.07, 6.45) is -3.99. The van der Waals surface area contributed by atoms with Gasteiger partial charge in [0.25, 0.3) is 0 Å². The van der Waals surface area contributed by atoms with E-state index in [1.165, 1.54) is 6.07 Å². The number of aryl methyl sites for hydroxylation is 1. The molecule has 0 saturated heterocycles. The van der Waals surface area contributed by atoms with Crippen molar-refractivity contribution in [3.05, 3.63) is 58.8 Å². The van der Waals surface area contributed by atoms with E-state index < -0.39 is 23.6 Å². The normalized spacial score (nSPS) is 13.4. The first-order valence-corrected chi connectivity index (χ1v) is 6.49. The SMILES string of the molecule is CCc1ccc(C(NC)c2ccc(C(F)(F)F)c(F)c2)o1. The van der Waals surface area contributed by atoms with Crippen LogP contribution in [0.15, 0.2) is 34.7 Å². The van der Waals surface area contributed by atoms with Crippen molar-refractivity contribution in [1.29, 1.82) is 0 Å². The van der Waals surface area contributed by atoms with E-state index in [2.05, 4.69) is 5.32 Å². The highest BCUT2D eigenvalue weighted by atomic mass is 19.4. The third-order valence-electron chi connectivity index (χ3n) is 3.24. The van der Waals surface area contributed by atoms with E-state index in [1.807, 2.05) is 6.92 Å². The summed E-state index contributed by atoms with van der Waals surface area (Å²) < 4.78 is 56.9. The van der Waals surface area contributed by atoms with E-state index in [4.69, 9.17) is 4.42 Å². The second-order valence-corrected chi connectivity index (χ2v) is 4.62. The van der Waals surface area contributed by atoms with Crippen molar-refractivity contribution < 1.29 is 22.0 Å². The first kappa shape index (κ1) is 15.6. The minimum Gasteiger partial charge on any atom is -0.464 e. The number of furan rings is 1. The van der Waals surface area contributed by atoms with E-state index in [0.29, 0.717) is 17.7 Å². The molecular formula is C15H15F4NO. The molecule has 0 amide bonds. The number of benzene rings is 1. The molecular weight excluding hydrogens is 286 g/mol. The van der Waals surface area contributed by atoms with Gasteiger partial charge in [-0.1, -0.05) is 13.0 Å². The maximum atomic E-state index is 13.7. The van der Waals surface area contributed by atoms with Crippen LogP contribution in [-0.2, 0) is 12.6 Å². The molecule has 1 heterocycles. The minimum atomic E-state index is -4.70. The Morgan fingerprint density at radius 1 is 1.19 bits per heavy atom. The zero-order chi connectivity index (χ0) is 15.6. The molecule has 2 rings (SSSR count). The molecule has 1 atom stereocenters. The number of halogens is 4. The van der Waals surface area contributed by atoms with Gasteiger partial charge in [-0.05, 0) is 36.9 Å². The second kappa shape index (κ2) is 5.89. The Hall–Kier alpha value is -1.82. The van der Waals surface area contributed by atoms with E-state index in [1.54, 1.807) is 19.2 Å². The van der Waals surface area contributed by atoms with Gasteiger partial charge in [-0.15, -0.1) is 0 Å². The van der Waals surface area contributed by atoms with Crippen LogP contribution in [-0.4, -0.2) is 7.05 Å². The molecule has 0 saturated carbocycles. The Balaban J connectivity index is 2.37. The van der Waals surface area contributed by atoms with Crippen molar-refractivity contribution in [3.63, 3.8) is 0 Å². The molecule has 1 N–H and O–H groups in total. The lowest BCUT2D eigenvalue weighted by Gasteiger charge is -2.16. The van der Waals surface area contributed by atoms with Crippen molar-refractivity contribution >= 4 is 0 Å². The lowest BCUT2D eigenvalue weighted by atomic mass is 10.0. The molecule has 1 aromatic carbocycles. The van der Waals surface area contributed by atoms with Crippen LogP contribution in [0.3, 0.4) is 0 Å². The zero-order valence-corrected chi connectivity index (χ0v) is 11.6. The van der Waals surface area contributed by atoms with Crippen LogP contribution in [0.1, 0.15) is 35.6 Å². The third-order valence-corrected chi connectivity index (χ3v) is 3.24. The van der Waals surface area contributed by atoms with Crippen LogP contribution < -0.4 is 5.32 Å². The van der Waals surface area contributed by atoms with Crippen molar-refractivity contribution in [2.45, 2.75) is 25.6 Å². The molecule has 21 heavy (non-hydrogen) atoms. The van der Waals surface area contributed by atoms with Gasteiger partial charge in [-0.3, -0.25) is 0 Å². The van der Waals surface area contributed by atoms with Gasteiger partial charge in [0.1, 0.15) is 17.3 Å². The first-order valence-electron chi connectivity index (χ1n) is 6.49. The summed E-state index contributed by atoms with van der Waals surface area (Å²) in [5.74, 6) is 0.00802. The van der Waals surface area contributed by atoms with Crippen LogP contribution in [0.5, 0.6) is 0 Å². The summed E-state index contributed by atoms with van der Waals surface area (Å²) in [4.78, 5) is 0. The zero-order valence-electron chi connectivity index (χ0n) is 11.6. The Morgan fingerprint density at radius 3 is 2.38 bits per heavy atom. The maximum Gasteiger partial charge on any atom is 0.419 e. The van der Waals surface area contributed by atoms with Gasteiger partial charge < -0.3 is 9.73 Å². The minimum absolute atomic E-state index is 0.375. The highest BCUT2D eigenvalue weighted by molar-refractivity contribution is 5.32. The summed E-state index contributed by atoms with van der Waals surface area (Å²) in [6, 6.07) is 5.91. The van der Waals surface area contributed by atoms with Crippen LogP contribution in [0.25, 0.3) is 0 Å². The fourth-order valence-electron chi connectivity index (χ4n) is 2.15. The van der Waals surface area contributed by atoms with Crippen molar-refractivity contribution in [2.24, 2.45) is 0 Å². The monoisotopic (exact) mass is 301 g/mol. The average Bonchev–Trinajstić information content (AvgIpc) is 2.87. The van der Waals surface area contributed by atoms with Crippen LogP contribution >= 0.6 is 0 Å². The van der Waals surface area contributed by atoms with Crippen molar-refractivity contribution in [1.82, 2.24) is 5.32 Å². The molecule has 1 unspecified atom stereocenters. The molecule has 0 aliphatic rings. The quantitative estimate of drug-likeness (QED) is 0.851. The smallest absolute Gasteiger partial charge is 0.419 e. The average molecular weight is 301 g/mol. The van der Waals surface area contributed by atoms with Crippen LogP contribution in [0.2, 0.25) is 0 Å². The summed E-state index contributed by atoms with van der Waals surface area (Å²) >= 11 is 0. The van der Waals surface area contributed by atoms with E-state index >= 15 is 0 Å². The predicted molar refractivity (Wildman–Crippen MR) is 70.4 cm³/mol. The maximum absolute atomic E-state index is 13.7.